The predicted molar refractivity (Wildman–Crippen MR) is 122 cm³/mol. The van der Waals surface area contributed by atoms with Gasteiger partial charge in [0.05, 0.1) is 26.4 Å². The van der Waals surface area contributed by atoms with Crippen LogP contribution in [0, 0.1) is 0 Å². The fourth-order valence-corrected chi connectivity index (χ4v) is 5.33. The van der Waals surface area contributed by atoms with Gasteiger partial charge in [-0.15, -0.1) is 0 Å². The Morgan fingerprint density at radius 3 is 2.53 bits per heavy atom. The largest absolute Gasteiger partial charge is 0.466 e. The number of amides is 1. The van der Waals surface area contributed by atoms with Gasteiger partial charge in [-0.2, -0.15) is 0 Å². The number of aliphatic hydroxyl groups excluding tert-OH is 2. The molecule has 2 heterocycles. The van der Waals surface area contributed by atoms with Crippen LogP contribution in [-0.2, 0) is 30.3 Å². The summed E-state index contributed by atoms with van der Waals surface area (Å²) in [4.78, 5) is 24.1. The maximum atomic E-state index is 12.9. The van der Waals surface area contributed by atoms with Crippen molar-refractivity contribution in [2.45, 2.75) is 53.3 Å². The van der Waals surface area contributed by atoms with E-state index in [1.165, 1.54) is 7.11 Å². The standard InChI is InChI=1S/C24H27NO8S/c1-30-22(28)24(34-16-10-6-3-7-11-16)12-18-19(25-23(29)32-18)21(33-24)20(27)17(26)14-31-13-15-8-4-2-5-9-15/h2-11,17-21,26-27H,12-14H2,1H3,(H,25,29)/t17-,18?,19-,20-,21?,24-/m1/s1. The van der Waals surface area contributed by atoms with Crippen LogP contribution < -0.4 is 5.32 Å². The van der Waals surface area contributed by atoms with Crippen LogP contribution in [0.2, 0.25) is 0 Å². The minimum absolute atomic E-state index is 0.00641. The molecule has 2 aromatic carbocycles. The van der Waals surface area contributed by atoms with Crippen LogP contribution in [-0.4, -0.2) is 71.4 Å². The third-order valence-electron chi connectivity index (χ3n) is 5.75. The van der Waals surface area contributed by atoms with Crippen LogP contribution in [0.15, 0.2) is 65.6 Å². The summed E-state index contributed by atoms with van der Waals surface area (Å²) in [6.45, 7) is 0.0666. The van der Waals surface area contributed by atoms with Crippen molar-refractivity contribution in [1.82, 2.24) is 5.32 Å². The molecule has 2 fully saturated rings. The van der Waals surface area contributed by atoms with Crippen LogP contribution in [0.5, 0.6) is 0 Å². The lowest BCUT2D eigenvalue weighted by atomic mass is 9.90. The van der Waals surface area contributed by atoms with Gasteiger partial charge < -0.3 is 34.5 Å². The molecule has 1 amide bonds. The Balaban J connectivity index is 1.52. The molecule has 0 bridgehead atoms. The second-order valence-electron chi connectivity index (χ2n) is 8.12. The number of rotatable bonds is 9. The molecule has 0 radical (unpaired) electrons. The summed E-state index contributed by atoms with van der Waals surface area (Å²) >= 11 is 1.10. The number of thioether (sulfide) groups is 1. The minimum Gasteiger partial charge on any atom is -0.466 e. The molecule has 0 aromatic heterocycles. The van der Waals surface area contributed by atoms with Crippen molar-refractivity contribution in [2.24, 2.45) is 0 Å². The molecule has 2 aliphatic heterocycles. The third-order valence-corrected chi connectivity index (χ3v) is 7.01. The molecule has 10 heteroatoms. The Hall–Kier alpha value is -2.63. The summed E-state index contributed by atoms with van der Waals surface area (Å²) in [5, 5.41) is 24.3. The normalized spacial score (nSPS) is 27.7. The SMILES string of the molecule is COC(=O)[C@]1(Sc2ccccc2)CC2OC(=O)N[C@H]2C([C@H](O)[C@H](O)COCc2ccccc2)O1. The average Bonchev–Trinajstić information content (AvgIpc) is 3.23. The van der Waals surface area contributed by atoms with Gasteiger partial charge >= 0.3 is 12.1 Å². The van der Waals surface area contributed by atoms with E-state index in [2.05, 4.69) is 5.32 Å². The zero-order chi connectivity index (χ0) is 24.1. The first-order valence-electron chi connectivity index (χ1n) is 10.9. The monoisotopic (exact) mass is 489 g/mol. The Morgan fingerprint density at radius 1 is 1.18 bits per heavy atom. The van der Waals surface area contributed by atoms with Gasteiger partial charge in [-0.1, -0.05) is 60.3 Å². The number of methoxy groups -OCH3 is 1. The van der Waals surface area contributed by atoms with Gasteiger partial charge in [0.2, 0.25) is 4.93 Å². The molecule has 4 rings (SSSR count). The number of alkyl carbamates (subject to hydrolysis) is 1. The van der Waals surface area contributed by atoms with Crippen LogP contribution in [0.4, 0.5) is 4.79 Å². The number of esters is 1. The summed E-state index contributed by atoms with van der Waals surface area (Å²) in [6.07, 6.45) is -5.43. The van der Waals surface area contributed by atoms with Crippen LogP contribution in [0.25, 0.3) is 0 Å². The van der Waals surface area contributed by atoms with E-state index in [0.717, 1.165) is 22.2 Å². The first-order valence-corrected chi connectivity index (χ1v) is 11.7. The lowest BCUT2D eigenvalue weighted by molar-refractivity contribution is -0.200. The lowest BCUT2D eigenvalue weighted by Crippen LogP contribution is -2.63. The van der Waals surface area contributed by atoms with Crippen LogP contribution in [0.1, 0.15) is 12.0 Å². The topological polar surface area (TPSA) is 124 Å². The van der Waals surface area contributed by atoms with E-state index in [1.54, 1.807) is 12.1 Å². The molecule has 6 atom stereocenters. The fourth-order valence-electron chi connectivity index (χ4n) is 4.09. The number of nitrogens with one attached hydrogen (secondary N) is 1. The van der Waals surface area contributed by atoms with E-state index < -0.39 is 47.5 Å². The molecule has 0 aliphatic carbocycles. The minimum atomic E-state index is -1.60. The van der Waals surface area contributed by atoms with Crippen LogP contribution >= 0.6 is 11.8 Å². The first-order chi connectivity index (χ1) is 16.4. The smallest absolute Gasteiger partial charge is 0.407 e. The number of ether oxygens (including phenoxy) is 4. The van der Waals surface area contributed by atoms with Gasteiger partial charge in [0.15, 0.2) is 0 Å². The lowest BCUT2D eigenvalue weighted by Gasteiger charge is -2.44. The van der Waals surface area contributed by atoms with E-state index >= 15 is 0 Å². The Morgan fingerprint density at radius 2 is 1.85 bits per heavy atom. The highest BCUT2D eigenvalue weighted by molar-refractivity contribution is 8.01. The number of fused-ring (bicyclic) bond motifs is 1. The van der Waals surface area contributed by atoms with Crippen molar-refractivity contribution in [3.63, 3.8) is 0 Å². The van der Waals surface area contributed by atoms with E-state index in [9.17, 15) is 19.8 Å². The molecule has 0 saturated carbocycles. The number of hydrogen-bond donors (Lipinski definition) is 3. The molecule has 2 aromatic rings. The molecule has 34 heavy (non-hydrogen) atoms. The Bertz CT molecular complexity index is 977. The van der Waals surface area contributed by atoms with Crippen molar-refractivity contribution in [1.29, 1.82) is 0 Å². The fraction of sp³-hybridized carbons (Fsp3) is 0.417. The highest BCUT2D eigenvalue weighted by atomic mass is 32.2. The number of aliphatic hydroxyl groups is 2. The predicted octanol–water partition coefficient (Wildman–Crippen LogP) is 1.85. The number of hydrogen-bond acceptors (Lipinski definition) is 9. The third kappa shape index (κ3) is 5.37. The van der Waals surface area contributed by atoms with Crippen LogP contribution in [0.3, 0.4) is 0 Å². The second kappa shape index (κ2) is 10.7. The molecule has 182 valence electrons. The second-order valence-corrected chi connectivity index (χ2v) is 9.45. The first kappa shape index (κ1) is 24.5. The maximum absolute atomic E-state index is 12.9. The highest BCUT2D eigenvalue weighted by Crippen LogP contribution is 2.46. The number of carbonyl (C=O) groups excluding carboxylic acids is 2. The van der Waals surface area contributed by atoms with Gasteiger partial charge in [0.1, 0.15) is 24.4 Å². The van der Waals surface area contributed by atoms with Crippen molar-refractivity contribution < 1.29 is 38.7 Å². The van der Waals surface area contributed by atoms with E-state index in [0.29, 0.717) is 0 Å². The highest BCUT2D eigenvalue weighted by Gasteiger charge is 2.59. The Labute approximate surface area is 201 Å². The zero-order valence-corrected chi connectivity index (χ0v) is 19.4. The number of carbonyl (C=O) groups is 2. The quantitative estimate of drug-likeness (QED) is 0.453. The molecule has 2 saturated heterocycles. The molecular weight excluding hydrogens is 462 g/mol. The van der Waals surface area contributed by atoms with Crippen molar-refractivity contribution in [2.75, 3.05) is 13.7 Å². The van der Waals surface area contributed by atoms with Crippen molar-refractivity contribution >= 4 is 23.8 Å². The number of benzene rings is 2. The molecule has 0 spiro atoms. The maximum Gasteiger partial charge on any atom is 0.407 e. The van der Waals surface area contributed by atoms with Crippen molar-refractivity contribution in [3.05, 3.63) is 66.2 Å². The average molecular weight is 490 g/mol. The van der Waals surface area contributed by atoms with E-state index in [1.807, 2.05) is 48.5 Å². The van der Waals surface area contributed by atoms with E-state index in [-0.39, 0.29) is 19.6 Å². The summed E-state index contributed by atoms with van der Waals surface area (Å²) < 4.78 is 22.1. The van der Waals surface area contributed by atoms with Gasteiger partial charge in [-0.25, -0.2) is 9.59 Å². The summed E-state index contributed by atoms with van der Waals surface area (Å²) in [5.74, 6) is -0.685. The molecule has 9 nitrogen and oxygen atoms in total. The Kier molecular flexibility index (Phi) is 7.74. The van der Waals surface area contributed by atoms with E-state index in [4.69, 9.17) is 18.9 Å². The summed E-state index contributed by atoms with van der Waals surface area (Å²) in [6, 6.07) is 17.7. The summed E-state index contributed by atoms with van der Waals surface area (Å²) in [7, 11) is 1.24. The van der Waals surface area contributed by atoms with Crippen molar-refractivity contribution in [3.8, 4) is 0 Å². The molecular formula is C24H27NO8S. The molecule has 2 unspecified atom stereocenters. The summed E-state index contributed by atoms with van der Waals surface area (Å²) in [5.41, 5.74) is 0.915. The molecule has 2 aliphatic rings. The molecule has 3 N–H and O–H groups in total. The van der Waals surface area contributed by atoms with Gasteiger partial charge in [0, 0.05) is 11.3 Å². The zero-order valence-electron chi connectivity index (χ0n) is 18.5. The van der Waals surface area contributed by atoms with Gasteiger partial charge in [0.25, 0.3) is 0 Å². The van der Waals surface area contributed by atoms with Gasteiger partial charge in [-0.05, 0) is 17.7 Å². The van der Waals surface area contributed by atoms with Gasteiger partial charge in [-0.3, -0.25) is 0 Å².